The van der Waals surface area contributed by atoms with Crippen LogP contribution in [-0.2, 0) is 16.1 Å². The summed E-state index contributed by atoms with van der Waals surface area (Å²) in [5.74, 6) is -0.365. The van der Waals surface area contributed by atoms with E-state index in [1.807, 2.05) is 12.1 Å². The fourth-order valence-electron chi connectivity index (χ4n) is 3.18. The second kappa shape index (κ2) is 8.21. The van der Waals surface area contributed by atoms with Gasteiger partial charge in [-0.25, -0.2) is 9.18 Å². The monoisotopic (exact) mass is 403 g/mol. The number of amides is 1. The summed E-state index contributed by atoms with van der Waals surface area (Å²) in [5, 5.41) is 0. The third kappa shape index (κ3) is 3.93. The summed E-state index contributed by atoms with van der Waals surface area (Å²) in [4.78, 5) is 26.4. The molecule has 0 radical (unpaired) electrons. The molecule has 4 rings (SSSR count). The number of carbonyl (C=O) groups excluding carboxylic acids is 2. The van der Waals surface area contributed by atoms with Gasteiger partial charge >= 0.3 is 5.97 Å². The zero-order chi connectivity index (χ0) is 21.1. The van der Waals surface area contributed by atoms with Gasteiger partial charge < -0.3 is 9.47 Å². The Morgan fingerprint density at radius 2 is 1.73 bits per heavy atom. The van der Waals surface area contributed by atoms with E-state index >= 15 is 0 Å². The van der Waals surface area contributed by atoms with E-state index in [1.165, 1.54) is 19.2 Å². The molecule has 6 heteroatoms. The Balaban J connectivity index is 1.66. The molecule has 0 spiro atoms. The van der Waals surface area contributed by atoms with Crippen LogP contribution in [0.2, 0.25) is 0 Å². The summed E-state index contributed by atoms with van der Waals surface area (Å²) in [6.07, 6.45) is 1.62. The molecule has 0 unspecified atom stereocenters. The summed E-state index contributed by atoms with van der Waals surface area (Å²) in [5.41, 5.74) is 2.55. The van der Waals surface area contributed by atoms with Crippen LogP contribution >= 0.6 is 0 Å². The first-order valence-corrected chi connectivity index (χ1v) is 9.28. The average Bonchev–Trinajstić information content (AvgIpc) is 2.78. The minimum Gasteiger partial charge on any atom is -0.465 e. The molecule has 0 aliphatic carbocycles. The Bertz CT molecular complexity index is 1120. The van der Waals surface area contributed by atoms with E-state index in [2.05, 4.69) is 0 Å². The third-order valence-electron chi connectivity index (χ3n) is 4.72. The van der Waals surface area contributed by atoms with E-state index in [4.69, 9.17) is 9.47 Å². The van der Waals surface area contributed by atoms with E-state index in [0.717, 1.165) is 5.56 Å². The largest absolute Gasteiger partial charge is 0.465 e. The van der Waals surface area contributed by atoms with Crippen LogP contribution in [-0.4, -0.2) is 19.0 Å². The van der Waals surface area contributed by atoms with E-state index in [1.54, 1.807) is 59.5 Å². The molecule has 3 aromatic rings. The van der Waals surface area contributed by atoms with Gasteiger partial charge in [0.25, 0.3) is 5.91 Å². The van der Waals surface area contributed by atoms with Crippen LogP contribution in [0.1, 0.15) is 21.5 Å². The zero-order valence-electron chi connectivity index (χ0n) is 16.2. The number of fused-ring (bicyclic) bond motifs is 1. The fourth-order valence-corrected chi connectivity index (χ4v) is 3.18. The number of halogens is 1. The lowest BCUT2D eigenvalue weighted by atomic mass is 10.1. The molecule has 0 aromatic heterocycles. The molecule has 0 bridgehead atoms. The second-order valence-electron chi connectivity index (χ2n) is 6.71. The number of carbonyl (C=O) groups is 2. The number of esters is 1. The third-order valence-corrected chi connectivity index (χ3v) is 4.72. The van der Waals surface area contributed by atoms with Crippen molar-refractivity contribution in [1.29, 1.82) is 0 Å². The summed E-state index contributed by atoms with van der Waals surface area (Å²) < 4.78 is 23.8. The Hall–Kier alpha value is -3.93. The molecule has 1 aliphatic rings. The fraction of sp³-hybridized carbons (Fsp3) is 0.0833. The molecule has 0 fully saturated rings. The summed E-state index contributed by atoms with van der Waals surface area (Å²) in [6, 6.07) is 19.9. The Labute approximate surface area is 173 Å². The molecule has 1 amide bonds. The van der Waals surface area contributed by atoms with Gasteiger partial charge in [0.2, 0.25) is 0 Å². The standard InChI is InChI=1S/C24H18FNO4/c1-29-24(28)18-10-6-16(7-11-18)14-22-23(27)26(15-17-8-12-19(25)13-9-17)20-4-2-3-5-21(20)30-22/h2-14H,15H2,1H3. The van der Waals surface area contributed by atoms with Crippen LogP contribution < -0.4 is 9.64 Å². The number of anilines is 1. The predicted molar refractivity (Wildman–Crippen MR) is 110 cm³/mol. The number of hydrogen-bond acceptors (Lipinski definition) is 4. The van der Waals surface area contributed by atoms with Crippen LogP contribution in [0.15, 0.2) is 78.6 Å². The molecule has 0 saturated heterocycles. The summed E-state index contributed by atoms with van der Waals surface area (Å²) >= 11 is 0. The number of benzene rings is 3. The lowest BCUT2D eigenvalue weighted by Crippen LogP contribution is -2.36. The number of nitrogens with zero attached hydrogens (tertiary/aromatic N) is 1. The maximum absolute atomic E-state index is 13.2. The van der Waals surface area contributed by atoms with Crippen LogP contribution in [0.5, 0.6) is 5.75 Å². The number of rotatable bonds is 4. The molecule has 150 valence electrons. The van der Waals surface area contributed by atoms with Crippen molar-refractivity contribution in [1.82, 2.24) is 0 Å². The Kier molecular flexibility index (Phi) is 5.30. The van der Waals surface area contributed by atoms with E-state index in [9.17, 15) is 14.0 Å². The van der Waals surface area contributed by atoms with Crippen LogP contribution in [0.3, 0.4) is 0 Å². The molecular formula is C24H18FNO4. The molecule has 0 atom stereocenters. The number of ether oxygens (including phenoxy) is 2. The van der Waals surface area contributed by atoms with Crippen molar-refractivity contribution in [2.75, 3.05) is 12.0 Å². The smallest absolute Gasteiger partial charge is 0.337 e. The molecule has 0 N–H and O–H groups in total. The van der Waals surface area contributed by atoms with Crippen molar-refractivity contribution < 1.29 is 23.5 Å². The van der Waals surface area contributed by atoms with Crippen molar-refractivity contribution in [3.05, 3.63) is 101 Å². The van der Waals surface area contributed by atoms with Crippen LogP contribution in [0.4, 0.5) is 10.1 Å². The average molecular weight is 403 g/mol. The maximum Gasteiger partial charge on any atom is 0.337 e. The molecule has 1 aliphatic heterocycles. The number of para-hydroxylation sites is 2. The highest BCUT2D eigenvalue weighted by atomic mass is 19.1. The van der Waals surface area contributed by atoms with E-state index < -0.39 is 5.97 Å². The molecule has 0 saturated carbocycles. The van der Waals surface area contributed by atoms with Gasteiger partial charge in [-0.05, 0) is 53.6 Å². The Morgan fingerprint density at radius 3 is 2.43 bits per heavy atom. The quantitative estimate of drug-likeness (QED) is 0.473. The van der Waals surface area contributed by atoms with Crippen molar-refractivity contribution >= 4 is 23.6 Å². The van der Waals surface area contributed by atoms with E-state index in [-0.39, 0.29) is 24.0 Å². The first kappa shape index (κ1) is 19.4. The first-order valence-electron chi connectivity index (χ1n) is 9.28. The highest BCUT2D eigenvalue weighted by Crippen LogP contribution is 2.36. The van der Waals surface area contributed by atoms with Gasteiger partial charge in [-0.15, -0.1) is 0 Å². The summed E-state index contributed by atoms with van der Waals surface area (Å²) in [7, 11) is 1.32. The maximum atomic E-state index is 13.2. The zero-order valence-corrected chi connectivity index (χ0v) is 16.2. The van der Waals surface area contributed by atoms with Crippen molar-refractivity contribution in [3.63, 3.8) is 0 Å². The molecule has 1 heterocycles. The predicted octanol–water partition coefficient (Wildman–Crippen LogP) is 4.58. The van der Waals surface area contributed by atoms with Crippen LogP contribution in [0.25, 0.3) is 6.08 Å². The van der Waals surface area contributed by atoms with Crippen molar-refractivity contribution in [2.24, 2.45) is 0 Å². The van der Waals surface area contributed by atoms with E-state index in [0.29, 0.717) is 22.6 Å². The van der Waals surface area contributed by atoms with Crippen LogP contribution in [0, 0.1) is 5.82 Å². The summed E-state index contributed by atoms with van der Waals surface area (Å²) in [6.45, 7) is 0.276. The van der Waals surface area contributed by atoms with Gasteiger partial charge in [-0.3, -0.25) is 9.69 Å². The molecule has 5 nitrogen and oxygen atoms in total. The Morgan fingerprint density at radius 1 is 1.03 bits per heavy atom. The van der Waals surface area contributed by atoms with Gasteiger partial charge in [-0.1, -0.05) is 36.4 Å². The molecule has 3 aromatic carbocycles. The van der Waals surface area contributed by atoms with Gasteiger partial charge in [-0.2, -0.15) is 0 Å². The van der Waals surface area contributed by atoms with Crippen molar-refractivity contribution in [3.8, 4) is 5.75 Å². The number of hydrogen-bond donors (Lipinski definition) is 0. The minimum absolute atomic E-state index is 0.154. The number of methoxy groups -OCH3 is 1. The minimum atomic E-state index is -0.432. The highest BCUT2D eigenvalue weighted by molar-refractivity contribution is 6.09. The second-order valence-corrected chi connectivity index (χ2v) is 6.71. The lowest BCUT2D eigenvalue weighted by Gasteiger charge is -2.30. The van der Waals surface area contributed by atoms with Gasteiger partial charge in [0.1, 0.15) is 5.82 Å². The topological polar surface area (TPSA) is 55.8 Å². The van der Waals surface area contributed by atoms with Gasteiger partial charge in [0.15, 0.2) is 11.5 Å². The molecule has 30 heavy (non-hydrogen) atoms. The van der Waals surface area contributed by atoms with Crippen molar-refractivity contribution in [2.45, 2.75) is 6.54 Å². The molecular weight excluding hydrogens is 385 g/mol. The first-order chi connectivity index (χ1) is 14.5. The van der Waals surface area contributed by atoms with Gasteiger partial charge in [0.05, 0.1) is 24.9 Å². The highest BCUT2D eigenvalue weighted by Gasteiger charge is 2.30. The lowest BCUT2D eigenvalue weighted by molar-refractivity contribution is -0.117. The normalized spacial score (nSPS) is 14.3. The SMILES string of the molecule is COC(=O)c1ccc(C=C2Oc3ccccc3N(Cc3ccc(F)cc3)C2=O)cc1. The van der Waals surface area contributed by atoms with Gasteiger partial charge in [0, 0.05) is 0 Å².